The number of rotatable bonds is 5. The molecule has 0 spiro atoms. The Morgan fingerprint density at radius 1 is 1.42 bits per heavy atom. The topological polar surface area (TPSA) is 63.6 Å². The molecule has 1 aromatic carbocycles. The number of aliphatic hydroxyl groups excluding tert-OH is 1. The SMILES string of the molecule is CCS(=O)(=O)CCOc1cc(C#CCO)ccc1F. The second kappa shape index (κ2) is 7.12. The van der Waals surface area contributed by atoms with Crippen molar-refractivity contribution in [3.63, 3.8) is 0 Å². The Labute approximate surface area is 112 Å². The van der Waals surface area contributed by atoms with Crippen LogP contribution in [0.2, 0.25) is 0 Å². The summed E-state index contributed by atoms with van der Waals surface area (Å²) in [4.78, 5) is 0. The molecule has 0 unspecified atom stereocenters. The molecule has 0 heterocycles. The highest BCUT2D eigenvalue weighted by molar-refractivity contribution is 7.91. The number of sulfone groups is 1. The third-order valence-electron chi connectivity index (χ3n) is 2.33. The quantitative estimate of drug-likeness (QED) is 0.820. The Morgan fingerprint density at radius 2 is 2.16 bits per heavy atom. The Bertz CT molecular complexity index is 584. The number of halogens is 1. The minimum atomic E-state index is -3.14. The molecule has 19 heavy (non-hydrogen) atoms. The molecule has 1 rings (SSSR count). The van der Waals surface area contributed by atoms with Gasteiger partial charge in [-0.3, -0.25) is 0 Å². The van der Waals surface area contributed by atoms with Gasteiger partial charge in [-0.25, -0.2) is 12.8 Å². The summed E-state index contributed by atoms with van der Waals surface area (Å²) in [5.41, 5.74) is 0.490. The summed E-state index contributed by atoms with van der Waals surface area (Å²) >= 11 is 0. The van der Waals surface area contributed by atoms with Gasteiger partial charge in [0.2, 0.25) is 0 Å². The van der Waals surface area contributed by atoms with Crippen LogP contribution in [0.25, 0.3) is 0 Å². The van der Waals surface area contributed by atoms with Crippen LogP contribution in [0, 0.1) is 17.7 Å². The lowest BCUT2D eigenvalue weighted by atomic mass is 10.2. The van der Waals surface area contributed by atoms with Gasteiger partial charge in [-0.1, -0.05) is 18.8 Å². The predicted octanol–water partition coefficient (Wildman–Crippen LogP) is 0.983. The molecule has 0 aliphatic heterocycles. The first-order valence-electron chi connectivity index (χ1n) is 5.71. The zero-order chi connectivity index (χ0) is 14.3. The van der Waals surface area contributed by atoms with Gasteiger partial charge in [0, 0.05) is 11.3 Å². The van der Waals surface area contributed by atoms with Crippen LogP contribution in [-0.2, 0) is 9.84 Å². The normalized spacial score (nSPS) is 10.7. The largest absolute Gasteiger partial charge is 0.489 e. The Morgan fingerprint density at radius 3 is 2.79 bits per heavy atom. The number of aliphatic hydroxyl groups is 1. The summed E-state index contributed by atoms with van der Waals surface area (Å²) in [7, 11) is -3.14. The van der Waals surface area contributed by atoms with Gasteiger partial charge in [-0.2, -0.15) is 0 Å². The molecule has 0 aliphatic carbocycles. The van der Waals surface area contributed by atoms with Crippen molar-refractivity contribution in [3.8, 4) is 17.6 Å². The summed E-state index contributed by atoms with van der Waals surface area (Å²) in [6.45, 7) is 1.15. The molecular formula is C13H15FO4S. The average molecular weight is 286 g/mol. The van der Waals surface area contributed by atoms with Gasteiger partial charge >= 0.3 is 0 Å². The van der Waals surface area contributed by atoms with Crippen LogP contribution >= 0.6 is 0 Å². The summed E-state index contributed by atoms with van der Waals surface area (Å²) in [5, 5.41) is 8.56. The molecule has 0 amide bonds. The molecule has 6 heteroatoms. The van der Waals surface area contributed by atoms with E-state index in [-0.39, 0.29) is 30.5 Å². The van der Waals surface area contributed by atoms with Gasteiger partial charge in [-0.15, -0.1) is 0 Å². The van der Waals surface area contributed by atoms with Crippen molar-refractivity contribution in [2.24, 2.45) is 0 Å². The van der Waals surface area contributed by atoms with Gasteiger partial charge in [0.25, 0.3) is 0 Å². The minimum Gasteiger partial charge on any atom is -0.489 e. The van der Waals surface area contributed by atoms with Crippen LogP contribution in [0.1, 0.15) is 12.5 Å². The van der Waals surface area contributed by atoms with Crippen molar-refractivity contribution < 1.29 is 22.7 Å². The third-order valence-corrected chi connectivity index (χ3v) is 4.00. The average Bonchev–Trinajstić information content (AvgIpc) is 2.39. The van der Waals surface area contributed by atoms with E-state index in [0.717, 1.165) is 0 Å². The first-order chi connectivity index (χ1) is 8.98. The fourth-order valence-corrected chi connectivity index (χ4v) is 1.88. The molecule has 104 valence electrons. The van der Waals surface area contributed by atoms with Gasteiger partial charge < -0.3 is 9.84 Å². The van der Waals surface area contributed by atoms with Crippen LogP contribution in [0.5, 0.6) is 5.75 Å². The standard InChI is InChI=1S/C13H15FO4S/c1-2-19(16,17)9-8-18-13-10-11(4-3-7-15)5-6-12(13)14/h5-6,10,15H,2,7-9H2,1H3. The third kappa shape index (κ3) is 5.28. The van der Waals surface area contributed by atoms with E-state index >= 15 is 0 Å². The highest BCUT2D eigenvalue weighted by Crippen LogP contribution is 2.18. The fraction of sp³-hybridized carbons (Fsp3) is 0.385. The lowest BCUT2D eigenvalue weighted by molar-refractivity contribution is 0.322. The summed E-state index contributed by atoms with van der Waals surface area (Å²) in [6, 6.07) is 4.01. The molecule has 0 fully saturated rings. The molecular weight excluding hydrogens is 271 g/mol. The van der Waals surface area contributed by atoms with E-state index in [1.54, 1.807) is 6.92 Å². The maximum absolute atomic E-state index is 13.4. The number of hydrogen-bond donors (Lipinski definition) is 1. The van der Waals surface area contributed by atoms with Crippen molar-refractivity contribution in [1.82, 2.24) is 0 Å². The first kappa shape index (κ1) is 15.5. The van der Waals surface area contributed by atoms with Gasteiger partial charge in [0.1, 0.15) is 13.2 Å². The van der Waals surface area contributed by atoms with E-state index in [0.29, 0.717) is 5.56 Å². The molecule has 0 bridgehead atoms. The van der Waals surface area contributed by atoms with Crippen molar-refractivity contribution in [3.05, 3.63) is 29.6 Å². The Balaban J connectivity index is 2.72. The zero-order valence-electron chi connectivity index (χ0n) is 10.5. The Hall–Kier alpha value is -1.58. The maximum Gasteiger partial charge on any atom is 0.165 e. The molecule has 1 aromatic rings. The second-order valence-corrected chi connectivity index (χ2v) is 6.16. The lowest BCUT2D eigenvalue weighted by Gasteiger charge is -2.07. The van der Waals surface area contributed by atoms with Crippen molar-refractivity contribution in [2.45, 2.75) is 6.92 Å². The van der Waals surface area contributed by atoms with Gasteiger partial charge in [0.15, 0.2) is 21.4 Å². The van der Waals surface area contributed by atoms with Gasteiger partial charge in [0.05, 0.1) is 5.75 Å². The highest BCUT2D eigenvalue weighted by atomic mass is 32.2. The number of benzene rings is 1. The molecule has 4 nitrogen and oxygen atoms in total. The van der Waals surface area contributed by atoms with E-state index in [1.807, 2.05) is 0 Å². The van der Waals surface area contributed by atoms with E-state index in [2.05, 4.69) is 11.8 Å². The van der Waals surface area contributed by atoms with Gasteiger partial charge in [-0.05, 0) is 18.2 Å². The molecule has 0 saturated heterocycles. The highest BCUT2D eigenvalue weighted by Gasteiger charge is 2.09. The van der Waals surface area contributed by atoms with E-state index in [9.17, 15) is 12.8 Å². The molecule has 0 aromatic heterocycles. The molecule has 1 N–H and O–H groups in total. The second-order valence-electron chi connectivity index (χ2n) is 3.69. The first-order valence-corrected chi connectivity index (χ1v) is 7.53. The molecule has 0 radical (unpaired) electrons. The van der Waals surface area contributed by atoms with Crippen LogP contribution in [-0.4, -0.2) is 38.2 Å². The van der Waals surface area contributed by atoms with Crippen LogP contribution in [0.4, 0.5) is 4.39 Å². The number of hydrogen-bond acceptors (Lipinski definition) is 4. The summed E-state index contributed by atoms with van der Waals surface area (Å²) in [5.74, 6) is 4.29. The molecule has 0 saturated carbocycles. The van der Waals surface area contributed by atoms with Crippen LogP contribution in [0.15, 0.2) is 18.2 Å². The summed E-state index contributed by atoms with van der Waals surface area (Å²) in [6.07, 6.45) is 0. The predicted molar refractivity (Wildman–Crippen MR) is 70.2 cm³/mol. The van der Waals surface area contributed by atoms with E-state index in [1.165, 1.54) is 18.2 Å². The Kier molecular flexibility index (Phi) is 5.80. The van der Waals surface area contributed by atoms with Crippen molar-refractivity contribution in [2.75, 3.05) is 24.7 Å². The molecule has 0 aliphatic rings. The monoisotopic (exact) mass is 286 g/mol. The number of ether oxygens (including phenoxy) is 1. The maximum atomic E-state index is 13.4. The lowest BCUT2D eigenvalue weighted by Crippen LogP contribution is -2.16. The summed E-state index contributed by atoms with van der Waals surface area (Å²) < 4.78 is 41.0. The van der Waals surface area contributed by atoms with Crippen molar-refractivity contribution >= 4 is 9.84 Å². The van der Waals surface area contributed by atoms with Crippen LogP contribution in [0.3, 0.4) is 0 Å². The zero-order valence-corrected chi connectivity index (χ0v) is 11.3. The smallest absolute Gasteiger partial charge is 0.165 e. The van der Waals surface area contributed by atoms with Crippen LogP contribution < -0.4 is 4.74 Å². The minimum absolute atomic E-state index is 0.0286. The molecule has 0 atom stereocenters. The van der Waals surface area contributed by atoms with E-state index in [4.69, 9.17) is 9.84 Å². The van der Waals surface area contributed by atoms with E-state index < -0.39 is 15.7 Å². The van der Waals surface area contributed by atoms with Crippen molar-refractivity contribution in [1.29, 1.82) is 0 Å². The fourth-order valence-electron chi connectivity index (χ4n) is 1.26.